The molecule has 2 heterocycles. The molecule has 0 aliphatic rings. The van der Waals surface area contributed by atoms with Crippen LogP contribution in [0.1, 0.15) is 15.2 Å². The maximum Gasteiger partial charge on any atom is 0.219 e. The summed E-state index contributed by atoms with van der Waals surface area (Å²) in [7, 11) is 1.68. The molecule has 0 atom stereocenters. The van der Waals surface area contributed by atoms with Crippen LogP contribution in [-0.2, 0) is 7.05 Å². The van der Waals surface area contributed by atoms with E-state index in [1.807, 2.05) is 19.1 Å². The van der Waals surface area contributed by atoms with E-state index < -0.39 is 12.7 Å². The van der Waals surface area contributed by atoms with Gasteiger partial charge in [-0.05, 0) is 31.5 Å². The maximum absolute atomic E-state index is 14.6. The monoisotopic (exact) mass is 334 g/mol. The van der Waals surface area contributed by atoms with E-state index in [9.17, 15) is 4.39 Å². The molecule has 0 fully saturated rings. The van der Waals surface area contributed by atoms with Crippen LogP contribution in [0.5, 0.6) is 0 Å². The van der Waals surface area contributed by atoms with Crippen molar-refractivity contribution in [2.45, 2.75) is 13.8 Å². The lowest BCUT2D eigenvalue weighted by atomic mass is 10.00. The highest BCUT2D eigenvalue weighted by atomic mass is 19.1. The Morgan fingerprint density at radius 2 is 2.00 bits per heavy atom. The molecule has 4 heteroatoms. The molecule has 0 radical (unpaired) electrons. The fraction of sp³-hybridized carbons (Fsp3) is 0.143. The molecule has 2 aromatic heterocycles. The highest BCUT2D eigenvalue weighted by Gasteiger charge is 2.22. The fourth-order valence-corrected chi connectivity index (χ4v) is 3.19. The number of furan rings is 1. The van der Waals surface area contributed by atoms with Crippen LogP contribution in [0, 0.1) is 26.2 Å². The van der Waals surface area contributed by atoms with Gasteiger partial charge in [-0.25, -0.2) is 13.8 Å². The van der Waals surface area contributed by atoms with Crippen molar-refractivity contribution in [1.82, 2.24) is 0 Å². The zero-order valence-corrected chi connectivity index (χ0v) is 13.7. The standard InChI is InChI=1S/C21H16FN2O/c1-12-5-7-15-16-9-14(23-3)6-8-19(16)25-21(15)20(12)18-10-17(22)13(2)11-24(18)4/h5-11H,1-2,4H3/q+1/i2D3. The molecule has 4 rings (SSSR count). The van der Waals surface area contributed by atoms with Gasteiger partial charge in [0.25, 0.3) is 0 Å². The Balaban J connectivity index is 2.06. The lowest BCUT2D eigenvalue weighted by Gasteiger charge is -2.06. The fourth-order valence-electron chi connectivity index (χ4n) is 3.19. The summed E-state index contributed by atoms with van der Waals surface area (Å²) in [5, 5.41) is 1.63. The summed E-state index contributed by atoms with van der Waals surface area (Å²) in [6, 6.07) is 10.3. The van der Waals surface area contributed by atoms with Gasteiger partial charge in [-0.15, -0.1) is 0 Å². The van der Waals surface area contributed by atoms with E-state index in [0.717, 1.165) is 16.3 Å². The summed E-state index contributed by atoms with van der Waals surface area (Å²) < 4.78 is 44.8. The Morgan fingerprint density at radius 1 is 1.16 bits per heavy atom. The van der Waals surface area contributed by atoms with Crippen LogP contribution in [0.2, 0.25) is 0 Å². The van der Waals surface area contributed by atoms with Crippen LogP contribution in [0.15, 0.2) is 47.0 Å². The van der Waals surface area contributed by atoms with Crippen LogP contribution >= 0.6 is 0 Å². The summed E-state index contributed by atoms with van der Waals surface area (Å²) in [5.41, 5.74) is 3.47. The molecule has 0 N–H and O–H groups in total. The number of fused-ring (bicyclic) bond motifs is 3. The number of aromatic nitrogens is 1. The zero-order chi connectivity index (χ0) is 20.2. The van der Waals surface area contributed by atoms with Crippen molar-refractivity contribution in [3.63, 3.8) is 0 Å². The number of nitrogens with zero attached hydrogens (tertiary/aromatic N) is 2. The third kappa shape index (κ3) is 2.28. The van der Waals surface area contributed by atoms with E-state index in [1.54, 1.807) is 29.8 Å². The Bertz CT molecular complexity index is 1300. The highest BCUT2D eigenvalue weighted by molar-refractivity contribution is 6.10. The van der Waals surface area contributed by atoms with E-state index in [0.29, 0.717) is 28.1 Å². The minimum Gasteiger partial charge on any atom is -0.455 e. The number of halogens is 1. The van der Waals surface area contributed by atoms with E-state index in [4.69, 9.17) is 15.1 Å². The molecule has 0 saturated carbocycles. The van der Waals surface area contributed by atoms with Gasteiger partial charge in [0.1, 0.15) is 24.0 Å². The summed E-state index contributed by atoms with van der Waals surface area (Å²) >= 11 is 0. The van der Waals surface area contributed by atoms with Crippen molar-refractivity contribution < 1.29 is 17.5 Å². The van der Waals surface area contributed by atoms with Crippen LogP contribution < -0.4 is 4.57 Å². The van der Waals surface area contributed by atoms with Crippen molar-refractivity contribution in [2.24, 2.45) is 7.05 Å². The quantitative estimate of drug-likeness (QED) is 0.338. The number of aryl methyl sites for hydroxylation is 3. The third-order valence-electron chi connectivity index (χ3n) is 4.44. The molecule has 0 amide bonds. The minimum absolute atomic E-state index is 0.324. The second-order valence-corrected chi connectivity index (χ2v) is 6.06. The van der Waals surface area contributed by atoms with Gasteiger partial charge in [0.15, 0.2) is 11.9 Å². The number of rotatable bonds is 1. The Labute approximate surface area is 149 Å². The molecule has 3 nitrogen and oxygen atoms in total. The van der Waals surface area contributed by atoms with Gasteiger partial charge in [-0.2, -0.15) is 0 Å². The molecule has 0 aliphatic heterocycles. The van der Waals surface area contributed by atoms with Crippen LogP contribution in [-0.4, -0.2) is 0 Å². The van der Waals surface area contributed by atoms with Crippen LogP contribution in [0.4, 0.5) is 10.1 Å². The van der Waals surface area contributed by atoms with Gasteiger partial charge in [-0.1, -0.05) is 18.2 Å². The Kier molecular flexibility index (Phi) is 2.65. The van der Waals surface area contributed by atoms with Gasteiger partial charge in [0.05, 0.1) is 12.1 Å². The topological polar surface area (TPSA) is 21.4 Å². The molecule has 0 bridgehead atoms. The van der Waals surface area contributed by atoms with E-state index in [2.05, 4.69) is 4.85 Å². The number of pyridine rings is 1. The van der Waals surface area contributed by atoms with Crippen LogP contribution in [0.3, 0.4) is 0 Å². The predicted molar refractivity (Wildman–Crippen MR) is 96.0 cm³/mol. The number of hydrogen-bond acceptors (Lipinski definition) is 1. The molecule has 0 aliphatic carbocycles. The van der Waals surface area contributed by atoms with Crippen molar-refractivity contribution in [2.75, 3.05) is 0 Å². The van der Waals surface area contributed by atoms with Crippen molar-refractivity contribution >= 4 is 27.6 Å². The second-order valence-electron chi connectivity index (χ2n) is 6.06. The van der Waals surface area contributed by atoms with Crippen LogP contribution in [0.25, 0.3) is 38.0 Å². The third-order valence-corrected chi connectivity index (χ3v) is 4.44. The first-order chi connectivity index (χ1) is 13.2. The Morgan fingerprint density at radius 3 is 2.76 bits per heavy atom. The zero-order valence-electron chi connectivity index (χ0n) is 16.7. The van der Waals surface area contributed by atoms with Gasteiger partial charge < -0.3 is 4.42 Å². The first kappa shape index (κ1) is 12.2. The summed E-state index contributed by atoms with van der Waals surface area (Å²) in [6.07, 6.45) is 1.30. The number of benzene rings is 2. The normalized spacial score (nSPS) is 13.4. The highest BCUT2D eigenvalue weighted by Crippen LogP contribution is 2.38. The predicted octanol–water partition coefficient (Wildman–Crippen LogP) is 5.38. The molecule has 0 saturated heterocycles. The largest absolute Gasteiger partial charge is 0.455 e. The van der Waals surface area contributed by atoms with Gasteiger partial charge >= 0.3 is 0 Å². The SMILES string of the molecule is [2H]C([2H])([2H])c1c[n+](C)c(-c2c(C)ccc3c2oc2ccc([N+]#[C-])cc23)cc1F. The smallest absolute Gasteiger partial charge is 0.219 e. The molecular formula is C21H16FN2O+. The van der Waals surface area contributed by atoms with Gasteiger partial charge in [-0.3, -0.25) is 0 Å². The van der Waals surface area contributed by atoms with E-state index in [1.165, 1.54) is 12.3 Å². The summed E-state index contributed by atoms with van der Waals surface area (Å²) in [4.78, 5) is 3.46. The Hall–Kier alpha value is -3.19. The molecule has 2 aromatic carbocycles. The lowest BCUT2D eigenvalue weighted by Crippen LogP contribution is -2.31. The van der Waals surface area contributed by atoms with Gasteiger partial charge in [0.2, 0.25) is 5.69 Å². The first-order valence-corrected chi connectivity index (χ1v) is 7.74. The van der Waals surface area contributed by atoms with E-state index >= 15 is 0 Å². The molecular weight excluding hydrogens is 315 g/mol. The molecule has 4 aromatic rings. The summed E-state index contributed by atoms with van der Waals surface area (Å²) in [6.45, 7) is 6.58. The average molecular weight is 334 g/mol. The van der Waals surface area contributed by atoms with Crippen molar-refractivity contribution in [3.05, 3.63) is 71.0 Å². The second kappa shape index (κ2) is 5.42. The molecule has 122 valence electrons. The lowest BCUT2D eigenvalue weighted by molar-refractivity contribution is -0.661. The van der Waals surface area contributed by atoms with Crippen molar-refractivity contribution in [1.29, 1.82) is 0 Å². The number of hydrogen-bond donors (Lipinski definition) is 0. The van der Waals surface area contributed by atoms with E-state index in [-0.39, 0.29) is 5.56 Å². The van der Waals surface area contributed by atoms with Crippen molar-refractivity contribution in [3.8, 4) is 11.3 Å². The minimum atomic E-state index is -2.53. The molecule has 0 spiro atoms. The molecule has 0 unspecified atom stereocenters. The average Bonchev–Trinajstić information content (AvgIpc) is 3.00. The summed E-state index contributed by atoms with van der Waals surface area (Å²) in [5.74, 6) is -0.782. The maximum atomic E-state index is 14.6. The first-order valence-electron chi connectivity index (χ1n) is 9.24. The molecule has 25 heavy (non-hydrogen) atoms. The van der Waals surface area contributed by atoms with Gasteiger partial charge in [0, 0.05) is 26.5 Å².